The summed E-state index contributed by atoms with van der Waals surface area (Å²) in [6.45, 7) is 1.35. The lowest BCUT2D eigenvalue weighted by atomic mass is 9.86. The first kappa shape index (κ1) is 19.4. The molecule has 4 heterocycles. The zero-order valence-electron chi connectivity index (χ0n) is 15.9. The topological polar surface area (TPSA) is 83.0 Å². The van der Waals surface area contributed by atoms with Crippen molar-refractivity contribution in [3.05, 3.63) is 71.2 Å². The maximum absolute atomic E-state index is 13.3. The number of carbonyl (C=O) groups is 1. The molecule has 7 nitrogen and oxygen atoms in total. The minimum absolute atomic E-state index is 0.116. The van der Waals surface area contributed by atoms with Gasteiger partial charge in [0.05, 0.1) is 17.9 Å². The fourth-order valence-corrected chi connectivity index (χ4v) is 6.16. The van der Waals surface area contributed by atoms with Crippen LogP contribution in [-0.4, -0.2) is 44.6 Å². The molecule has 2 saturated heterocycles. The van der Waals surface area contributed by atoms with Crippen molar-refractivity contribution in [1.82, 2.24) is 25.0 Å². The Balaban J connectivity index is 1.40. The first-order valence-electron chi connectivity index (χ1n) is 9.53. The highest BCUT2D eigenvalue weighted by Gasteiger charge is 2.53. The molecule has 0 aliphatic carbocycles. The second kappa shape index (κ2) is 7.93. The number of fused-ring (bicyclic) bond motifs is 1. The Labute approximate surface area is 181 Å². The molecular weight excluding hydrogens is 423 g/mol. The van der Waals surface area contributed by atoms with Crippen LogP contribution >= 0.6 is 23.3 Å². The van der Waals surface area contributed by atoms with Gasteiger partial charge in [-0.2, -0.15) is 0 Å². The minimum Gasteiger partial charge on any atom is -0.338 e. The van der Waals surface area contributed by atoms with Gasteiger partial charge in [-0.3, -0.25) is 10.1 Å². The van der Waals surface area contributed by atoms with E-state index in [-0.39, 0.29) is 17.3 Å². The van der Waals surface area contributed by atoms with E-state index in [1.165, 1.54) is 23.9 Å². The van der Waals surface area contributed by atoms with Crippen LogP contribution < -0.4 is 15.5 Å². The van der Waals surface area contributed by atoms with E-state index in [0.29, 0.717) is 18.1 Å². The number of halogens is 1. The second-order valence-corrected chi connectivity index (χ2v) is 9.30. The Bertz CT molecular complexity index is 1020. The minimum atomic E-state index is -0.454. The van der Waals surface area contributed by atoms with Gasteiger partial charge in [0, 0.05) is 41.4 Å². The molecule has 2 fully saturated rings. The maximum Gasteiger partial charge on any atom is 0.253 e. The Morgan fingerprint density at radius 3 is 2.77 bits per heavy atom. The van der Waals surface area contributed by atoms with Crippen molar-refractivity contribution in [3.63, 3.8) is 0 Å². The zero-order valence-corrected chi connectivity index (χ0v) is 17.5. The van der Waals surface area contributed by atoms with Gasteiger partial charge >= 0.3 is 0 Å². The van der Waals surface area contributed by atoms with Gasteiger partial charge in [0.15, 0.2) is 5.82 Å². The average molecular weight is 443 g/mol. The van der Waals surface area contributed by atoms with Gasteiger partial charge in [-0.25, -0.2) is 18.7 Å². The summed E-state index contributed by atoms with van der Waals surface area (Å²) >= 11 is 3.12. The fraction of sp³-hybridized carbons (Fsp3) is 0.300. The third-order valence-corrected chi connectivity index (χ3v) is 7.58. The van der Waals surface area contributed by atoms with E-state index >= 15 is 0 Å². The van der Waals surface area contributed by atoms with Gasteiger partial charge in [-0.15, -0.1) is 11.8 Å². The highest BCUT2D eigenvalue weighted by molar-refractivity contribution is 7.99. The number of nitrogens with one attached hydrogen (secondary N) is 2. The first-order chi connectivity index (χ1) is 14.6. The highest BCUT2D eigenvalue weighted by atomic mass is 32.2. The predicted octanol–water partition coefficient (Wildman–Crippen LogP) is 2.45. The fourth-order valence-electron chi connectivity index (χ4n) is 4.05. The van der Waals surface area contributed by atoms with E-state index in [4.69, 9.17) is 0 Å². The summed E-state index contributed by atoms with van der Waals surface area (Å²) in [6, 6.07) is 11.2. The van der Waals surface area contributed by atoms with Crippen molar-refractivity contribution in [2.45, 2.75) is 11.0 Å². The second-order valence-electron chi connectivity index (χ2n) is 7.32. The third kappa shape index (κ3) is 3.55. The zero-order chi connectivity index (χ0) is 20.6. The summed E-state index contributed by atoms with van der Waals surface area (Å²) in [5.74, 6) is 1.05. The van der Waals surface area contributed by atoms with Gasteiger partial charge in [-0.05, 0) is 29.7 Å². The van der Waals surface area contributed by atoms with E-state index in [0.717, 1.165) is 17.2 Å². The van der Waals surface area contributed by atoms with Crippen molar-refractivity contribution in [3.8, 4) is 0 Å². The molecule has 0 radical (unpaired) electrons. The number of carbonyl (C=O) groups excluding carboxylic acids is 1. The number of thioether (sulfide) groups is 1. The number of amides is 1. The number of rotatable bonds is 4. The molecular formula is C20H19FN6OS2. The van der Waals surface area contributed by atoms with E-state index in [2.05, 4.69) is 29.9 Å². The lowest BCUT2D eigenvalue weighted by molar-refractivity contribution is 0.0934. The highest BCUT2D eigenvalue weighted by Crippen LogP contribution is 2.45. The van der Waals surface area contributed by atoms with Crippen LogP contribution in [0.15, 0.2) is 55.0 Å². The number of nitrogens with zero attached hydrogens (tertiary/aromatic N) is 4. The van der Waals surface area contributed by atoms with Crippen LogP contribution in [0.3, 0.4) is 0 Å². The molecule has 154 valence electrons. The molecule has 5 rings (SSSR count). The Morgan fingerprint density at radius 2 is 2.03 bits per heavy atom. The van der Waals surface area contributed by atoms with Crippen LogP contribution in [0.25, 0.3) is 0 Å². The molecule has 3 atom stereocenters. The molecule has 3 aromatic rings. The lowest BCUT2D eigenvalue weighted by Gasteiger charge is -2.42. The number of hydrogen-bond acceptors (Lipinski definition) is 8. The largest absolute Gasteiger partial charge is 0.338 e. The van der Waals surface area contributed by atoms with Gasteiger partial charge in [0.25, 0.3) is 5.91 Å². The molecule has 2 aliphatic heterocycles. The number of benzene rings is 1. The van der Waals surface area contributed by atoms with Gasteiger partial charge < -0.3 is 10.2 Å². The predicted molar refractivity (Wildman–Crippen MR) is 115 cm³/mol. The molecule has 0 saturated carbocycles. The Kier molecular flexibility index (Phi) is 5.13. The van der Waals surface area contributed by atoms with E-state index in [9.17, 15) is 9.18 Å². The molecule has 10 heteroatoms. The molecule has 0 bridgehead atoms. The lowest BCUT2D eigenvalue weighted by Crippen LogP contribution is -2.60. The average Bonchev–Trinajstić information content (AvgIpc) is 3.43. The quantitative estimate of drug-likeness (QED) is 0.642. The van der Waals surface area contributed by atoms with Crippen LogP contribution in [0.4, 0.5) is 10.3 Å². The molecule has 2 aliphatic rings. The van der Waals surface area contributed by atoms with Crippen LogP contribution in [0.2, 0.25) is 0 Å². The van der Waals surface area contributed by atoms with Crippen LogP contribution in [-0.2, 0) is 5.54 Å². The summed E-state index contributed by atoms with van der Waals surface area (Å²) in [7, 11) is 0. The molecule has 0 spiro atoms. The number of anilines is 1. The van der Waals surface area contributed by atoms with E-state index < -0.39 is 11.4 Å². The van der Waals surface area contributed by atoms with Crippen molar-refractivity contribution in [2.75, 3.05) is 23.7 Å². The SMILES string of the molecule is O=C(NC1N[C@@]2(c3ccns3)CN(c3ncc(F)cn3)C[C@H]2CS1)c1ccccc1. The monoisotopic (exact) mass is 442 g/mol. The van der Waals surface area contributed by atoms with Gasteiger partial charge in [-0.1, -0.05) is 18.2 Å². The van der Waals surface area contributed by atoms with Gasteiger partial charge in [0.1, 0.15) is 5.50 Å². The molecule has 2 aromatic heterocycles. The number of aromatic nitrogens is 3. The number of hydrogen-bond donors (Lipinski definition) is 2. The molecule has 1 unspecified atom stereocenters. The van der Waals surface area contributed by atoms with Crippen molar-refractivity contribution < 1.29 is 9.18 Å². The summed E-state index contributed by atoms with van der Waals surface area (Å²) in [5.41, 5.74) is -0.00882. The van der Waals surface area contributed by atoms with Crippen molar-refractivity contribution >= 4 is 35.1 Å². The van der Waals surface area contributed by atoms with Crippen LogP contribution in [0.5, 0.6) is 0 Å². The summed E-state index contributed by atoms with van der Waals surface area (Å²) in [6.07, 6.45) is 4.17. The maximum atomic E-state index is 13.3. The van der Waals surface area contributed by atoms with Crippen molar-refractivity contribution in [1.29, 1.82) is 0 Å². The first-order valence-corrected chi connectivity index (χ1v) is 11.4. The summed E-state index contributed by atoms with van der Waals surface area (Å²) < 4.78 is 17.6. The van der Waals surface area contributed by atoms with Crippen molar-refractivity contribution in [2.24, 2.45) is 5.92 Å². The van der Waals surface area contributed by atoms with E-state index in [1.54, 1.807) is 30.1 Å². The third-order valence-electron chi connectivity index (χ3n) is 5.50. The Hall–Kier alpha value is -2.56. The molecule has 1 aromatic carbocycles. The molecule has 30 heavy (non-hydrogen) atoms. The van der Waals surface area contributed by atoms with Crippen LogP contribution in [0, 0.1) is 11.7 Å². The standard InChI is InChI=1S/C20H19FN6OS2/c21-15-8-22-18(23-9-15)27-10-14-11-29-19(25-17(28)13-4-2-1-3-5-13)26-20(14,12-27)16-6-7-24-30-16/h1-9,14,19,26H,10-12H2,(H,25,28)/t14-,19?,20-/m0/s1. The van der Waals surface area contributed by atoms with Crippen LogP contribution in [0.1, 0.15) is 15.2 Å². The summed E-state index contributed by atoms with van der Waals surface area (Å²) in [4.78, 5) is 24.2. The van der Waals surface area contributed by atoms with E-state index in [1.807, 2.05) is 24.3 Å². The summed E-state index contributed by atoms with van der Waals surface area (Å²) in [5, 5.41) is 6.77. The molecule has 1 amide bonds. The normalized spacial score (nSPS) is 25.7. The molecule has 2 N–H and O–H groups in total. The smallest absolute Gasteiger partial charge is 0.253 e. The Morgan fingerprint density at radius 1 is 1.23 bits per heavy atom. The van der Waals surface area contributed by atoms with Gasteiger partial charge in [0.2, 0.25) is 5.95 Å².